The maximum absolute atomic E-state index is 12.0. The number of benzene rings is 1. The average Bonchev–Trinajstić information content (AvgIpc) is 2.50. The number of anilines is 1. The summed E-state index contributed by atoms with van der Waals surface area (Å²) in [5.41, 5.74) is 6.66. The van der Waals surface area contributed by atoms with Crippen molar-refractivity contribution in [2.24, 2.45) is 5.73 Å². The topological polar surface area (TPSA) is 76.4 Å². The molecule has 5 nitrogen and oxygen atoms in total. The first-order valence-corrected chi connectivity index (χ1v) is 8.08. The van der Waals surface area contributed by atoms with Crippen molar-refractivity contribution in [3.05, 3.63) is 23.2 Å². The first kappa shape index (κ1) is 23.1. The zero-order chi connectivity index (χ0) is 15.9. The predicted octanol–water partition coefficient (Wildman–Crippen LogP) is 3.38. The van der Waals surface area contributed by atoms with Crippen LogP contribution in [-0.4, -0.2) is 31.6 Å². The molecule has 0 unspecified atom stereocenters. The number of methoxy groups -OCH3 is 1. The van der Waals surface area contributed by atoms with Gasteiger partial charge in [-0.1, -0.05) is 11.6 Å². The van der Waals surface area contributed by atoms with Gasteiger partial charge in [0.15, 0.2) is 0 Å². The molecular formula is C16H26Cl3N3O2. The number of ether oxygens (including phenoxy) is 1. The van der Waals surface area contributed by atoms with Crippen LogP contribution in [0.1, 0.15) is 32.1 Å². The van der Waals surface area contributed by atoms with Crippen LogP contribution in [-0.2, 0) is 4.79 Å². The Kier molecular flexibility index (Phi) is 11.2. The normalized spacial score (nSPS) is 19.5. The molecule has 0 saturated heterocycles. The van der Waals surface area contributed by atoms with Gasteiger partial charge in [0.25, 0.3) is 0 Å². The average molecular weight is 399 g/mol. The number of hydrogen-bond donors (Lipinski definition) is 3. The minimum Gasteiger partial charge on any atom is -0.495 e. The highest BCUT2D eigenvalue weighted by Gasteiger charge is 2.19. The summed E-state index contributed by atoms with van der Waals surface area (Å²) in [5.74, 6) is 0.778. The highest BCUT2D eigenvalue weighted by Crippen LogP contribution is 2.27. The highest BCUT2D eigenvalue weighted by atomic mass is 35.5. The Labute approximate surface area is 160 Å². The van der Waals surface area contributed by atoms with Gasteiger partial charge < -0.3 is 21.1 Å². The smallest absolute Gasteiger partial charge is 0.221 e. The molecule has 1 aromatic carbocycles. The van der Waals surface area contributed by atoms with E-state index in [0.717, 1.165) is 31.4 Å². The molecule has 1 saturated carbocycles. The molecule has 2 rings (SSSR count). The lowest BCUT2D eigenvalue weighted by Crippen LogP contribution is -2.40. The third kappa shape index (κ3) is 7.34. The number of amides is 1. The van der Waals surface area contributed by atoms with Crippen molar-refractivity contribution in [3.63, 3.8) is 0 Å². The van der Waals surface area contributed by atoms with Gasteiger partial charge in [0, 0.05) is 30.1 Å². The van der Waals surface area contributed by atoms with Crippen LogP contribution in [0.25, 0.3) is 0 Å². The number of carbonyl (C=O) groups excluding carboxylic acids is 1. The van der Waals surface area contributed by atoms with Gasteiger partial charge in [0.2, 0.25) is 5.91 Å². The third-order valence-corrected chi connectivity index (χ3v) is 4.20. The van der Waals surface area contributed by atoms with Gasteiger partial charge in [0.1, 0.15) is 5.75 Å². The van der Waals surface area contributed by atoms with Crippen LogP contribution in [0.3, 0.4) is 0 Å². The maximum Gasteiger partial charge on any atom is 0.221 e. The highest BCUT2D eigenvalue weighted by molar-refractivity contribution is 6.30. The van der Waals surface area contributed by atoms with E-state index in [1.165, 1.54) is 0 Å². The van der Waals surface area contributed by atoms with Gasteiger partial charge in [0.05, 0.1) is 12.8 Å². The molecule has 0 spiro atoms. The molecule has 1 amide bonds. The summed E-state index contributed by atoms with van der Waals surface area (Å²) in [6.45, 7) is 0.536. The standard InChI is InChI=1S/C16H24ClN3O2.2ClH/c1-22-15-7-2-11(17)10-14(15)19-9-8-16(21)20-13-5-3-12(18)4-6-13;;/h2,7,10,12-13,19H,3-6,8-9,18H2,1H3,(H,20,21);2*1H. The van der Waals surface area contributed by atoms with Crippen LogP contribution in [0.4, 0.5) is 5.69 Å². The first-order chi connectivity index (χ1) is 10.6. The Morgan fingerprint density at radius 2 is 1.96 bits per heavy atom. The van der Waals surface area contributed by atoms with E-state index in [1.807, 2.05) is 0 Å². The summed E-state index contributed by atoms with van der Waals surface area (Å²) in [7, 11) is 1.61. The second-order valence-electron chi connectivity index (χ2n) is 5.70. The predicted molar refractivity (Wildman–Crippen MR) is 104 cm³/mol. The largest absolute Gasteiger partial charge is 0.495 e. The number of nitrogens with one attached hydrogen (secondary N) is 2. The Bertz CT molecular complexity index is 509. The summed E-state index contributed by atoms with van der Waals surface area (Å²) in [4.78, 5) is 12.0. The fourth-order valence-electron chi connectivity index (χ4n) is 2.69. The van der Waals surface area contributed by atoms with Crippen molar-refractivity contribution >= 4 is 48.0 Å². The molecule has 8 heteroatoms. The number of halogens is 3. The lowest BCUT2D eigenvalue weighted by atomic mass is 9.92. The SMILES string of the molecule is COc1ccc(Cl)cc1NCCC(=O)NC1CCC(N)CC1.Cl.Cl. The van der Waals surface area contributed by atoms with E-state index in [1.54, 1.807) is 25.3 Å². The fourth-order valence-corrected chi connectivity index (χ4v) is 2.86. The van der Waals surface area contributed by atoms with E-state index < -0.39 is 0 Å². The maximum atomic E-state index is 12.0. The molecule has 0 atom stereocenters. The summed E-state index contributed by atoms with van der Waals surface area (Å²) >= 11 is 5.97. The first-order valence-electron chi connectivity index (χ1n) is 7.71. The minimum absolute atomic E-state index is 0. The van der Waals surface area contributed by atoms with E-state index >= 15 is 0 Å². The van der Waals surface area contributed by atoms with Crippen molar-refractivity contribution in [1.82, 2.24) is 5.32 Å². The van der Waals surface area contributed by atoms with Gasteiger partial charge in [-0.25, -0.2) is 0 Å². The van der Waals surface area contributed by atoms with Gasteiger partial charge in [-0.15, -0.1) is 24.8 Å². The number of nitrogens with two attached hydrogens (primary N) is 1. The zero-order valence-electron chi connectivity index (χ0n) is 13.7. The summed E-state index contributed by atoms with van der Waals surface area (Å²) in [6, 6.07) is 5.93. The Hall–Kier alpha value is -0.880. The lowest BCUT2D eigenvalue weighted by Gasteiger charge is -2.26. The van der Waals surface area contributed by atoms with Crippen LogP contribution >= 0.6 is 36.4 Å². The minimum atomic E-state index is 0. The second-order valence-corrected chi connectivity index (χ2v) is 6.14. The van der Waals surface area contributed by atoms with E-state index in [-0.39, 0.29) is 36.8 Å². The van der Waals surface area contributed by atoms with E-state index in [2.05, 4.69) is 10.6 Å². The molecule has 0 radical (unpaired) electrons. The molecule has 0 heterocycles. The molecule has 1 aliphatic rings. The molecular weight excluding hydrogens is 373 g/mol. The molecule has 0 bridgehead atoms. The summed E-state index contributed by atoms with van der Waals surface area (Å²) in [6.07, 6.45) is 4.34. The van der Waals surface area contributed by atoms with Crippen LogP contribution in [0.15, 0.2) is 18.2 Å². The van der Waals surface area contributed by atoms with Crippen LogP contribution < -0.4 is 21.1 Å². The molecule has 0 aliphatic heterocycles. The van der Waals surface area contributed by atoms with Gasteiger partial charge in [-0.3, -0.25) is 4.79 Å². The molecule has 1 aromatic rings. The lowest BCUT2D eigenvalue weighted by molar-refractivity contribution is -0.121. The molecule has 4 N–H and O–H groups in total. The summed E-state index contributed by atoms with van der Waals surface area (Å²) in [5, 5.41) is 6.89. The van der Waals surface area contributed by atoms with E-state index in [4.69, 9.17) is 22.1 Å². The third-order valence-electron chi connectivity index (χ3n) is 3.97. The molecule has 138 valence electrons. The fraction of sp³-hybridized carbons (Fsp3) is 0.562. The number of rotatable bonds is 6. The van der Waals surface area contributed by atoms with Crippen LogP contribution in [0.2, 0.25) is 5.02 Å². The van der Waals surface area contributed by atoms with Crippen molar-refractivity contribution in [2.45, 2.75) is 44.2 Å². The van der Waals surface area contributed by atoms with Gasteiger partial charge in [-0.05, 0) is 43.9 Å². The Balaban J connectivity index is 0.00000264. The monoisotopic (exact) mass is 397 g/mol. The van der Waals surface area contributed by atoms with Gasteiger partial charge in [-0.2, -0.15) is 0 Å². The van der Waals surface area contributed by atoms with Crippen LogP contribution in [0, 0.1) is 0 Å². The van der Waals surface area contributed by atoms with Crippen molar-refractivity contribution in [2.75, 3.05) is 19.0 Å². The van der Waals surface area contributed by atoms with E-state index in [9.17, 15) is 4.79 Å². The molecule has 0 aromatic heterocycles. The Morgan fingerprint density at radius 1 is 1.29 bits per heavy atom. The molecule has 1 fully saturated rings. The van der Waals surface area contributed by atoms with Crippen molar-refractivity contribution < 1.29 is 9.53 Å². The number of hydrogen-bond acceptors (Lipinski definition) is 4. The van der Waals surface area contributed by atoms with Crippen molar-refractivity contribution in [3.8, 4) is 5.75 Å². The van der Waals surface area contributed by atoms with Crippen molar-refractivity contribution in [1.29, 1.82) is 0 Å². The van der Waals surface area contributed by atoms with Crippen LogP contribution in [0.5, 0.6) is 5.75 Å². The summed E-state index contributed by atoms with van der Waals surface area (Å²) < 4.78 is 5.26. The Morgan fingerprint density at radius 3 is 2.58 bits per heavy atom. The molecule has 1 aliphatic carbocycles. The number of carbonyl (C=O) groups is 1. The molecule has 24 heavy (non-hydrogen) atoms. The van der Waals surface area contributed by atoms with E-state index in [0.29, 0.717) is 29.8 Å². The zero-order valence-corrected chi connectivity index (χ0v) is 16.1. The van der Waals surface area contributed by atoms with Gasteiger partial charge >= 0.3 is 0 Å². The second kappa shape index (κ2) is 11.6. The quantitative estimate of drug-likeness (QED) is 0.686.